The molecule has 1 fully saturated rings. The zero-order valence-corrected chi connectivity index (χ0v) is 18.8. The number of amides is 1. The van der Waals surface area contributed by atoms with Gasteiger partial charge in [-0.2, -0.15) is 0 Å². The van der Waals surface area contributed by atoms with E-state index < -0.39 is 17.9 Å². The summed E-state index contributed by atoms with van der Waals surface area (Å²) < 4.78 is 6.93. The number of aromatic hydroxyl groups is 1. The van der Waals surface area contributed by atoms with Crippen molar-refractivity contribution in [2.24, 2.45) is 0 Å². The summed E-state index contributed by atoms with van der Waals surface area (Å²) in [4.78, 5) is 43.8. The molecule has 1 aromatic carbocycles. The number of aryl methyl sites for hydroxylation is 1. The van der Waals surface area contributed by atoms with Gasteiger partial charge in [0.1, 0.15) is 27.6 Å². The van der Waals surface area contributed by atoms with Crippen LogP contribution in [-0.2, 0) is 9.53 Å². The molecule has 0 spiro atoms. The molecule has 8 nitrogen and oxygen atoms in total. The molecular weight excluding hydrogens is 430 g/mol. The van der Waals surface area contributed by atoms with Crippen molar-refractivity contribution in [3.63, 3.8) is 0 Å². The summed E-state index contributed by atoms with van der Waals surface area (Å²) in [7, 11) is 0. The molecule has 0 radical (unpaired) electrons. The van der Waals surface area contributed by atoms with Gasteiger partial charge in [0.2, 0.25) is 5.91 Å². The Morgan fingerprint density at radius 3 is 2.59 bits per heavy atom. The summed E-state index contributed by atoms with van der Waals surface area (Å²) >= 11 is 1.14. The van der Waals surface area contributed by atoms with E-state index in [1.807, 2.05) is 0 Å². The molecule has 1 amide bonds. The number of thiophene rings is 1. The number of hydrogen-bond donors (Lipinski definition) is 2. The van der Waals surface area contributed by atoms with Crippen LogP contribution in [0.3, 0.4) is 0 Å². The monoisotopic (exact) mass is 455 g/mol. The second-order valence-electron chi connectivity index (χ2n) is 8.07. The standard InChI is InChI=1S/C23H25N3O5S/c1-13-18-21(32-19(13)23(30)31-17-6-4-3-5-7-17)24-12-26(22(18)29)14(2)20(28)25-15-8-10-16(27)11-9-15/h8-12,14,17,27H,3-7H2,1-2H3,(H,25,28). The molecule has 32 heavy (non-hydrogen) atoms. The molecule has 0 bridgehead atoms. The highest BCUT2D eigenvalue weighted by atomic mass is 32.1. The maximum Gasteiger partial charge on any atom is 0.348 e. The summed E-state index contributed by atoms with van der Waals surface area (Å²) in [5.74, 6) is -0.724. The Bertz CT molecular complexity index is 1210. The fraction of sp³-hybridized carbons (Fsp3) is 0.391. The second-order valence-corrected chi connectivity index (χ2v) is 9.07. The van der Waals surface area contributed by atoms with Gasteiger partial charge >= 0.3 is 5.97 Å². The number of carbonyl (C=O) groups excluding carboxylic acids is 2. The number of esters is 1. The Morgan fingerprint density at radius 2 is 1.91 bits per heavy atom. The van der Waals surface area contributed by atoms with Crippen LogP contribution >= 0.6 is 11.3 Å². The summed E-state index contributed by atoms with van der Waals surface area (Å²) in [5, 5.41) is 12.4. The first-order chi connectivity index (χ1) is 15.3. The van der Waals surface area contributed by atoms with E-state index in [4.69, 9.17) is 4.74 Å². The van der Waals surface area contributed by atoms with Crippen LogP contribution in [0.5, 0.6) is 5.75 Å². The van der Waals surface area contributed by atoms with E-state index in [2.05, 4.69) is 10.3 Å². The first kappa shape index (κ1) is 22.0. The van der Waals surface area contributed by atoms with Crippen molar-refractivity contribution in [2.45, 2.75) is 58.1 Å². The van der Waals surface area contributed by atoms with E-state index in [1.54, 1.807) is 26.0 Å². The van der Waals surface area contributed by atoms with Gasteiger partial charge in [-0.25, -0.2) is 9.78 Å². The molecule has 1 saturated carbocycles. The lowest BCUT2D eigenvalue weighted by Gasteiger charge is -2.21. The van der Waals surface area contributed by atoms with Gasteiger partial charge < -0.3 is 15.2 Å². The third-order valence-corrected chi connectivity index (χ3v) is 7.00. The topological polar surface area (TPSA) is 111 Å². The van der Waals surface area contributed by atoms with Crippen LogP contribution < -0.4 is 10.9 Å². The molecular formula is C23H25N3O5S. The fourth-order valence-corrected chi connectivity index (χ4v) is 4.94. The molecule has 3 aromatic rings. The molecule has 4 rings (SSSR count). The number of nitrogens with zero attached hydrogens (tertiary/aromatic N) is 2. The number of aromatic nitrogens is 2. The third-order valence-electron chi connectivity index (χ3n) is 5.82. The minimum absolute atomic E-state index is 0.0749. The van der Waals surface area contributed by atoms with E-state index in [0.29, 0.717) is 26.3 Å². The SMILES string of the molecule is Cc1c(C(=O)OC2CCCCC2)sc2ncn(C(C)C(=O)Nc3ccc(O)cc3)c(=O)c12. The van der Waals surface area contributed by atoms with Crippen LogP contribution in [0.25, 0.3) is 10.2 Å². The first-order valence-corrected chi connectivity index (χ1v) is 11.5. The largest absolute Gasteiger partial charge is 0.508 e. The summed E-state index contributed by atoms with van der Waals surface area (Å²) in [5.41, 5.74) is 0.652. The summed E-state index contributed by atoms with van der Waals surface area (Å²) in [6, 6.07) is 5.23. The van der Waals surface area contributed by atoms with E-state index in [0.717, 1.165) is 43.4 Å². The van der Waals surface area contributed by atoms with E-state index in [1.165, 1.54) is 23.0 Å². The van der Waals surface area contributed by atoms with Gasteiger partial charge in [0.25, 0.3) is 5.56 Å². The Labute approximate surface area is 188 Å². The van der Waals surface area contributed by atoms with Crippen molar-refractivity contribution >= 4 is 39.1 Å². The number of rotatable bonds is 5. The van der Waals surface area contributed by atoms with Crippen molar-refractivity contribution in [2.75, 3.05) is 5.32 Å². The van der Waals surface area contributed by atoms with Crippen LogP contribution in [0.2, 0.25) is 0 Å². The Morgan fingerprint density at radius 1 is 1.22 bits per heavy atom. The van der Waals surface area contributed by atoms with Crippen molar-refractivity contribution < 1.29 is 19.4 Å². The normalized spacial score (nSPS) is 15.4. The van der Waals surface area contributed by atoms with Gasteiger partial charge in [0.05, 0.1) is 11.7 Å². The minimum Gasteiger partial charge on any atom is -0.508 e. The molecule has 1 aliphatic rings. The first-order valence-electron chi connectivity index (χ1n) is 10.7. The Balaban J connectivity index is 1.58. The van der Waals surface area contributed by atoms with Crippen molar-refractivity contribution in [3.8, 4) is 5.75 Å². The molecule has 0 aliphatic heterocycles. The van der Waals surface area contributed by atoms with Gasteiger partial charge in [0.15, 0.2) is 0 Å². The van der Waals surface area contributed by atoms with Gasteiger partial charge in [-0.05, 0) is 69.4 Å². The molecule has 0 saturated heterocycles. The average molecular weight is 456 g/mol. The molecule has 168 valence electrons. The number of phenols is 1. The lowest BCUT2D eigenvalue weighted by Crippen LogP contribution is -2.31. The number of carbonyl (C=O) groups is 2. The summed E-state index contributed by atoms with van der Waals surface area (Å²) in [6.07, 6.45) is 6.27. The quantitative estimate of drug-likeness (QED) is 0.441. The number of benzene rings is 1. The smallest absolute Gasteiger partial charge is 0.348 e. The second kappa shape index (κ2) is 9.12. The Hall–Kier alpha value is -3.20. The van der Waals surface area contributed by atoms with Gasteiger partial charge in [-0.1, -0.05) is 6.42 Å². The molecule has 1 unspecified atom stereocenters. The lowest BCUT2D eigenvalue weighted by atomic mass is 9.98. The van der Waals surface area contributed by atoms with Crippen molar-refractivity contribution in [1.29, 1.82) is 0 Å². The zero-order chi connectivity index (χ0) is 22.8. The molecule has 9 heteroatoms. The number of hydrogen-bond acceptors (Lipinski definition) is 7. The van der Waals surface area contributed by atoms with Crippen LogP contribution in [0.4, 0.5) is 5.69 Å². The molecule has 2 N–H and O–H groups in total. The highest BCUT2D eigenvalue weighted by Gasteiger charge is 2.26. The van der Waals surface area contributed by atoms with Crippen LogP contribution in [0.1, 0.15) is 60.3 Å². The summed E-state index contributed by atoms with van der Waals surface area (Å²) in [6.45, 7) is 3.31. The average Bonchev–Trinajstić information content (AvgIpc) is 3.13. The van der Waals surface area contributed by atoms with Gasteiger partial charge in [0, 0.05) is 5.69 Å². The maximum absolute atomic E-state index is 13.2. The fourth-order valence-electron chi connectivity index (χ4n) is 3.91. The van der Waals surface area contributed by atoms with Gasteiger partial charge in [-0.3, -0.25) is 14.2 Å². The van der Waals surface area contributed by atoms with Crippen molar-refractivity contribution in [1.82, 2.24) is 9.55 Å². The number of phenolic OH excluding ortho intramolecular Hbond substituents is 1. The van der Waals surface area contributed by atoms with E-state index in [9.17, 15) is 19.5 Å². The van der Waals surface area contributed by atoms with E-state index in [-0.39, 0.29) is 17.4 Å². The molecule has 2 heterocycles. The van der Waals surface area contributed by atoms with Crippen molar-refractivity contribution in [3.05, 3.63) is 51.4 Å². The Kier molecular flexibility index (Phi) is 6.27. The highest BCUT2D eigenvalue weighted by Crippen LogP contribution is 2.30. The number of anilines is 1. The molecule has 2 aromatic heterocycles. The minimum atomic E-state index is -0.829. The molecule has 1 aliphatic carbocycles. The lowest BCUT2D eigenvalue weighted by molar-refractivity contribution is -0.118. The predicted molar refractivity (Wildman–Crippen MR) is 122 cm³/mol. The predicted octanol–water partition coefficient (Wildman–Crippen LogP) is 4.16. The number of fused-ring (bicyclic) bond motifs is 1. The molecule has 1 atom stereocenters. The number of nitrogens with one attached hydrogen (secondary N) is 1. The third kappa shape index (κ3) is 4.38. The van der Waals surface area contributed by atoms with Crippen LogP contribution in [0.15, 0.2) is 35.4 Å². The number of ether oxygens (including phenoxy) is 1. The zero-order valence-electron chi connectivity index (χ0n) is 18.0. The van der Waals surface area contributed by atoms with Gasteiger partial charge in [-0.15, -0.1) is 11.3 Å². The van der Waals surface area contributed by atoms with Crippen LogP contribution in [-0.4, -0.2) is 32.6 Å². The van der Waals surface area contributed by atoms with Crippen LogP contribution in [0, 0.1) is 6.92 Å². The maximum atomic E-state index is 13.2. The van der Waals surface area contributed by atoms with E-state index >= 15 is 0 Å². The highest BCUT2D eigenvalue weighted by molar-refractivity contribution is 7.20.